The molecular formula is C26H23FN2O5. The molecule has 1 fully saturated rings. The highest BCUT2D eigenvalue weighted by atomic mass is 19.1. The van der Waals surface area contributed by atoms with Gasteiger partial charge >= 0.3 is 5.63 Å². The first-order valence-corrected chi connectivity index (χ1v) is 11.2. The predicted molar refractivity (Wildman–Crippen MR) is 125 cm³/mol. The summed E-state index contributed by atoms with van der Waals surface area (Å²) in [6.07, 6.45) is 1.45. The molecule has 1 amide bonds. The average Bonchev–Trinajstić information content (AvgIpc) is 2.83. The summed E-state index contributed by atoms with van der Waals surface area (Å²) < 4.78 is 24.3. The van der Waals surface area contributed by atoms with Crippen molar-refractivity contribution in [2.45, 2.75) is 31.8 Å². The number of halogens is 1. The number of fused-ring (bicyclic) bond motifs is 2. The second-order valence-corrected chi connectivity index (χ2v) is 8.63. The van der Waals surface area contributed by atoms with Crippen LogP contribution in [0, 0.1) is 5.82 Å². The van der Waals surface area contributed by atoms with Gasteiger partial charge in [-0.15, -0.1) is 0 Å². The van der Waals surface area contributed by atoms with Gasteiger partial charge in [-0.2, -0.15) is 0 Å². The number of carbonyl (C=O) groups is 1. The van der Waals surface area contributed by atoms with E-state index >= 15 is 0 Å². The van der Waals surface area contributed by atoms with E-state index in [1.807, 2.05) is 18.2 Å². The first-order valence-electron chi connectivity index (χ1n) is 11.2. The third kappa shape index (κ3) is 4.36. The average molecular weight is 462 g/mol. The monoisotopic (exact) mass is 462 g/mol. The number of benzene rings is 2. The molecule has 1 atom stereocenters. The largest absolute Gasteiger partial charge is 0.451 e. The fourth-order valence-corrected chi connectivity index (χ4v) is 4.48. The summed E-state index contributed by atoms with van der Waals surface area (Å²) >= 11 is 0. The molecule has 2 aromatic carbocycles. The van der Waals surface area contributed by atoms with Gasteiger partial charge in [0, 0.05) is 48.8 Å². The van der Waals surface area contributed by atoms with E-state index in [-0.39, 0.29) is 39.9 Å². The zero-order valence-corrected chi connectivity index (χ0v) is 18.5. The maximum Gasteiger partial charge on any atom is 0.336 e. The van der Waals surface area contributed by atoms with E-state index in [0.29, 0.717) is 5.58 Å². The van der Waals surface area contributed by atoms with E-state index in [2.05, 4.69) is 17.1 Å². The Kier molecular flexibility index (Phi) is 5.75. The lowest BCUT2D eigenvalue weighted by atomic mass is 9.99. The number of piperidine rings is 1. The van der Waals surface area contributed by atoms with Gasteiger partial charge in [-0.3, -0.25) is 14.5 Å². The summed E-state index contributed by atoms with van der Waals surface area (Å²) in [5, 5.41) is 4.03. The van der Waals surface area contributed by atoms with Crippen LogP contribution >= 0.6 is 0 Å². The first kappa shape index (κ1) is 22.0. The van der Waals surface area contributed by atoms with Crippen molar-refractivity contribution in [1.29, 1.82) is 0 Å². The molecule has 5 rings (SSSR count). The van der Waals surface area contributed by atoms with Gasteiger partial charge in [0.1, 0.15) is 17.0 Å². The van der Waals surface area contributed by atoms with Crippen LogP contribution in [0.4, 0.5) is 4.39 Å². The van der Waals surface area contributed by atoms with Crippen LogP contribution in [-0.2, 0) is 0 Å². The molecule has 0 unspecified atom stereocenters. The van der Waals surface area contributed by atoms with Crippen molar-refractivity contribution in [3.05, 3.63) is 92.4 Å². The Morgan fingerprint density at radius 1 is 1.00 bits per heavy atom. The molecule has 0 aliphatic carbocycles. The zero-order valence-electron chi connectivity index (χ0n) is 18.5. The van der Waals surface area contributed by atoms with Crippen molar-refractivity contribution in [3.8, 4) is 0 Å². The molecule has 7 nitrogen and oxygen atoms in total. The fraction of sp³-hybridized carbons (Fsp3) is 0.269. The van der Waals surface area contributed by atoms with Gasteiger partial charge in [0.15, 0.2) is 11.2 Å². The van der Waals surface area contributed by atoms with E-state index in [1.165, 1.54) is 18.2 Å². The summed E-state index contributed by atoms with van der Waals surface area (Å²) in [4.78, 5) is 38.8. The summed E-state index contributed by atoms with van der Waals surface area (Å²) in [6.45, 7) is 3.62. The predicted octanol–water partition coefficient (Wildman–Crippen LogP) is 3.99. The summed E-state index contributed by atoms with van der Waals surface area (Å²) in [6, 6.07) is 13.9. The van der Waals surface area contributed by atoms with E-state index in [9.17, 15) is 18.8 Å². The molecule has 2 aromatic heterocycles. The molecule has 8 heteroatoms. The Morgan fingerprint density at radius 2 is 1.76 bits per heavy atom. The van der Waals surface area contributed by atoms with Crippen molar-refractivity contribution in [2.75, 3.05) is 13.1 Å². The molecule has 0 saturated carbocycles. The minimum absolute atomic E-state index is 0.0486. The SMILES string of the molecule is C[C@@H](c1ccc2ccc(=O)oc2c1)N1CCC(NC(=O)c2cc(=O)c3ccc(F)cc3o2)CC1. The molecule has 3 heterocycles. The molecular weight excluding hydrogens is 439 g/mol. The Labute approximate surface area is 193 Å². The number of nitrogens with zero attached hydrogens (tertiary/aromatic N) is 1. The lowest BCUT2D eigenvalue weighted by Crippen LogP contribution is -2.45. The van der Waals surface area contributed by atoms with Crippen LogP contribution in [0.5, 0.6) is 0 Å². The Balaban J connectivity index is 1.24. The Morgan fingerprint density at radius 3 is 2.56 bits per heavy atom. The number of likely N-dealkylation sites (tertiary alicyclic amines) is 1. The first-order chi connectivity index (χ1) is 16.4. The van der Waals surface area contributed by atoms with Gasteiger partial charge in [0.25, 0.3) is 5.91 Å². The normalized spacial score (nSPS) is 16.1. The topological polar surface area (TPSA) is 92.8 Å². The van der Waals surface area contributed by atoms with Crippen LogP contribution in [0.2, 0.25) is 0 Å². The quantitative estimate of drug-likeness (QED) is 0.461. The molecule has 1 aliphatic heterocycles. The molecule has 0 spiro atoms. The third-order valence-corrected chi connectivity index (χ3v) is 6.46. The molecule has 1 N–H and O–H groups in total. The van der Waals surface area contributed by atoms with Crippen molar-refractivity contribution >= 4 is 27.8 Å². The summed E-state index contributed by atoms with van der Waals surface area (Å²) in [7, 11) is 0. The minimum atomic E-state index is -0.539. The van der Waals surface area contributed by atoms with Crippen LogP contribution in [0.1, 0.15) is 41.9 Å². The zero-order chi connectivity index (χ0) is 23.8. The van der Waals surface area contributed by atoms with Crippen molar-refractivity contribution < 1.29 is 18.0 Å². The smallest absolute Gasteiger partial charge is 0.336 e. The van der Waals surface area contributed by atoms with Crippen LogP contribution in [0.3, 0.4) is 0 Å². The van der Waals surface area contributed by atoms with Crippen molar-refractivity contribution in [3.63, 3.8) is 0 Å². The lowest BCUT2D eigenvalue weighted by molar-refractivity contribution is 0.0869. The Hall–Kier alpha value is -3.78. The van der Waals surface area contributed by atoms with E-state index in [4.69, 9.17) is 8.83 Å². The van der Waals surface area contributed by atoms with E-state index < -0.39 is 11.7 Å². The highest BCUT2D eigenvalue weighted by Gasteiger charge is 2.26. The number of rotatable bonds is 4. The van der Waals surface area contributed by atoms with E-state index in [0.717, 1.165) is 49.0 Å². The molecule has 34 heavy (non-hydrogen) atoms. The number of nitrogens with one attached hydrogen (secondary N) is 1. The summed E-state index contributed by atoms with van der Waals surface area (Å²) in [5.74, 6) is -1.15. The summed E-state index contributed by atoms with van der Waals surface area (Å²) in [5.41, 5.74) is 0.903. The third-order valence-electron chi connectivity index (χ3n) is 6.46. The second-order valence-electron chi connectivity index (χ2n) is 8.63. The van der Waals surface area contributed by atoms with Gasteiger partial charge < -0.3 is 14.2 Å². The number of hydrogen-bond donors (Lipinski definition) is 1. The van der Waals surface area contributed by atoms with Crippen molar-refractivity contribution in [2.24, 2.45) is 0 Å². The van der Waals surface area contributed by atoms with Crippen LogP contribution in [0.25, 0.3) is 21.9 Å². The molecule has 174 valence electrons. The van der Waals surface area contributed by atoms with Gasteiger partial charge in [0.2, 0.25) is 0 Å². The molecule has 4 aromatic rings. The number of carbonyl (C=O) groups excluding carboxylic acids is 1. The van der Waals surface area contributed by atoms with Gasteiger partial charge in [-0.1, -0.05) is 12.1 Å². The minimum Gasteiger partial charge on any atom is -0.451 e. The molecule has 0 radical (unpaired) electrons. The van der Waals surface area contributed by atoms with Crippen LogP contribution < -0.4 is 16.4 Å². The van der Waals surface area contributed by atoms with Crippen molar-refractivity contribution in [1.82, 2.24) is 10.2 Å². The second kappa shape index (κ2) is 8.87. The highest BCUT2D eigenvalue weighted by molar-refractivity contribution is 5.93. The standard InChI is InChI=1S/C26H23FN2O5/c1-15(17-3-2-16-4-7-25(31)34-22(16)12-17)29-10-8-19(9-11-29)28-26(32)24-14-21(30)20-6-5-18(27)13-23(20)33-24/h2-7,12-15,19H,8-11H2,1H3,(H,28,32)/t15-/m0/s1. The fourth-order valence-electron chi connectivity index (χ4n) is 4.48. The van der Waals surface area contributed by atoms with Crippen LogP contribution in [0.15, 0.2) is 73.0 Å². The van der Waals surface area contributed by atoms with Gasteiger partial charge in [-0.25, -0.2) is 9.18 Å². The lowest BCUT2D eigenvalue weighted by Gasteiger charge is -2.36. The maximum absolute atomic E-state index is 13.5. The molecule has 1 saturated heterocycles. The van der Waals surface area contributed by atoms with E-state index in [1.54, 1.807) is 6.07 Å². The number of hydrogen-bond acceptors (Lipinski definition) is 6. The molecule has 0 bridgehead atoms. The Bertz CT molecular complexity index is 1500. The van der Waals surface area contributed by atoms with Gasteiger partial charge in [0.05, 0.1) is 5.39 Å². The number of amides is 1. The van der Waals surface area contributed by atoms with Crippen LogP contribution in [-0.4, -0.2) is 29.9 Å². The van der Waals surface area contributed by atoms with Gasteiger partial charge in [-0.05, 0) is 49.6 Å². The maximum atomic E-state index is 13.5. The highest BCUT2D eigenvalue weighted by Crippen LogP contribution is 2.27. The molecule has 1 aliphatic rings.